The molecule has 2 N–H and O–H groups in total. The highest BCUT2D eigenvalue weighted by Crippen LogP contribution is 1.91. The molecule has 0 bridgehead atoms. The van der Waals surface area contributed by atoms with Crippen molar-refractivity contribution in [1.29, 1.82) is 5.26 Å². The maximum absolute atomic E-state index is 8.66. The number of nitrogens with one attached hydrogen (secondary N) is 1. The van der Waals surface area contributed by atoms with Gasteiger partial charge in [-0.1, -0.05) is 0 Å². The van der Waals surface area contributed by atoms with Crippen LogP contribution in [0.4, 0.5) is 0 Å². The van der Waals surface area contributed by atoms with E-state index >= 15 is 0 Å². The first kappa shape index (κ1) is 11.4. The van der Waals surface area contributed by atoms with Gasteiger partial charge in [0.2, 0.25) is 0 Å². The summed E-state index contributed by atoms with van der Waals surface area (Å²) in [6.45, 7) is 1.38. The number of hydrogen-bond acceptors (Lipinski definition) is 4. The Bertz CT molecular complexity index is 128. The topological polar surface area (TPSA) is 65.3 Å². The molecule has 4 nitrogen and oxygen atoms in total. The first-order valence-electron chi connectivity index (χ1n) is 4.05. The molecule has 0 aromatic heterocycles. The molecule has 0 amide bonds. The van der Waals surface area contributed by atoms with Crippen molar-refractivity contribution >= 4 is 0 Å². The molecule has 1 atom stereocenters. The number of nitriles is 1. The summed E-state index contributed by atoms with van der Waals surface area (Å²) in [6.07, 6.45) is 1.16. The highest BCUT2D eigenvalue weighted by atomic mass is 16.5. The largest absolute Gasteiger partial charge is 0.396 e. The molecule has 0 radical (unpaired) electrons. The molecule has 0 aliphatic rings. The van der Waals surface area contributed by atoms with E-state index in [0.717, 1.165) is 0 Å². The second-order valence-electron chi connectivity index (χ2n) is 2.53. The van der Waals surface area contributed by atoms with Crippen molar-refractivity contribution in [2.75, 3.05) is 26.9 Å². The van der Waals surface area contributed by atoms with Gasteiger partial charge < -0.3 is 15.2 Å². The third-order valence-electron chi connectivity index (χ3n) is 1.52. The third kappa shape index (κ3) is 6.10. The number of rotatable bonds is 7. The van der Waals surface area contributed by atoms with E-state index in [1.54, 1.807) is 7.11 Å². The van der Waals surface area contributed by atoms with Crippen molar-refractivity contribution in [3.8, 4) is 6.07 Å². The average molecular weight is 172 g/mol. The molecule has 0 aliphatic carbocycles. The Morgan fingerprint density at radius 3 is 2.92 bits per heavy atom. The monoisotopic (exact) mass is 172 g/mol. The number of hydrogen-bond donors (Lipinski definition) is 2. The lowest BCUT2D eigenvalue weighted by atomic mass is 10.2. The van der Waals surface area contributed by atoms with Crippen molar-refractivity contribution in [3.05, 3.63) is 0 Å². The molecule has 0 spiro atoms. The number of aliphatic hydroxyl groups excluding tert-OH is 1. The molecule has 0 aromatic rings. The molecule has 4 heteroatoms. The van der Waals surface area contributed by atoms with Crippen LogP contribution >= 0.6 is 0 Å². The highest BCUT2D eigenvalue weighted by molar-refractivity contribution is 4.73. The normalized spacial score (nSPS) is 12.4. The minimum atomic E-state index is 0.146. The van der Waals surface area contributed by atoms with Gasteiger partial charge in [0.15, 0.2) is 0 Å². The van der Waals surface area contributed by atoms with E-state index in [9.17, 15) is 0 Å². The molecule has 0 heterocycles. The van der Waals surface area contributed by atoms with Crippen LogP contribution in [0, 0.1) is 11.3 Å². The van der Waals surface area contributed by atoms with Crippen LogP contribution in [0.15, 0.2) is 0 Å². The summed E-state index contributed by atoms with van der Waals surface area (Å²) in [7, 11) is 1.62. The second-order valence-corrected chi connectivity index (χ2v) is 2.53. The maximum atomic E-state index is 8.66. The van der Waals surface area contributed by atoms with E-state index in [-0.39, 0.29) is 12.6 Å². The van der Waals surface area contributed by atoms with E-state index in [1.165, 1.54) is 0 Å². The highest BCUT2D eigenvalue weighted by Gasteiger charge is 2.05. The summed E-state index contributed by atoms with van der Waals surface area (Å²) in [5.41, 5.74) is 0. The minimum Gasteiger partial charge on any atom is -0.396 e. The third-order valence-corrected chi connectivity index (χ3v) is 1.52. The molecule has 12 heavy (non-hydrogen) atoms. The molecule has 0 saturated carbocycles. The van der Waals surface area contributed by atoms with Crippen LogP contribution < -0.4 is 5.32 Å². The van der Waals surface area contributed by atoms with Crippen LogP contribution in [0.25, 0.3) is 0 Å². The quantitative estimate of drug-likeness (QED) is 0.526. The fourth-order valence-corrected chi connectivity index (χ4v) is 0.934. The zero-order valence-corrected chi connectivity index (χ0v) is 7.42. The first-order chi connectivity index (χ1) is 5.85. The molecular weight excluding hydrogens is 156 g/mol. The lowest BCUT2D eigenvalue weighted by molar-refractivity contribution is 0.149. The Kier molecular flexibility index (Phi) is 8.02. The molecule has 0 aliphatic heterocycles. The second kappa shape index (κ2) is 8.47. The van der Waals surface area contributed by atoms with Crippen LogP contribution in [0.1, 0.15) is 12.8 Å². The fourth-order valence-electron chi connectivity index (χ4n) is 0.934. The van der Waals surface area contributed by atoms with Gasteiger partial charge in [-0.15, -0.1) is 0 Å². The first-order valence-corrected chi connectivity index (χ1v) is 4.05. The fraction of sp³-hybridized carbons (Fsp3) is 0.875. The van der Waals surface area contributed by atoms with E-state index in [1.807, 2.05) is 6.07 Å². The standard InChI is InChI=1S/C8H16N2O2/c1-12-7-8(3-6-11)10-5-2-4-9/h8,10-11H,2-3,5-7H2,1H3. The van der Waals surface area contributed by atoms with Gasteiger partial charge in [0.25, 0.3) is 0 Å². The molecule has 0 rings (SSSR count). The van der Waals surface area contributed by atoms with Gasteiger partial charge in [-0.05, 0) is 6.42 Å². The van der Waals surface area contributed by atoms with Crippen LogP contribution in [0.5, 0.6) is 0 Å². The molecule has 0 saturated heterocycles. The smallest absolute Gasteiger partial charge is 0.0635 e. The van der Waals surface area contributed by atoms with Crippen LogP contribution in [0.3, 0.4) is 0 Å². The Hall–Kier alpha value is -0.630. The molecule has 0 aromatic carbocycles. The van der Waals surface area contributed by atoms with Crippen molar-refractivity contribution in [3.63, 3.8) is 0 Å². The number of ether oxygens (including phenoxy) is 1. The van der Waals surface area contributed by atoms with Crippen molar-refractivity contribution in [2.24, 2.45) is 0 Å². The number of aliphatic hydroxyl groups is 1. The van der Waals surface area contributed by atoms with Crippen LogP contribution in [0.2, 0.25) is 0 Å². The zero-order chi connectivity index (χ0) is 9.23. The zero-order valence-electron chi connectivity index (χ0n) is 7.42. The van der Waals surface area contributed by atoms with Crippen molar-refractivity contribution in [2.45, 2.75) is 18.9 Å². The predicted molar refractivity (Wildman–Crippen MR) is 45.6 cm³/mol. The summed E-state index contributed by atoms with van der Waals surface area (Å²) in [6, 6.07) is 2.20. The summed E-state index contributed by atoms with van der Waals surface area (Å²) in [5.74, 6) is 0. The van der Waals surface area contributed by atoms with Gasteiger partial charge in [0, 0.05) is 32.7 Å². The average Bonchev–Trinajstić information content (AvgIpc) is 2.06. The van der Waals surface area contributed by atoms with Crippen LogP contribution in [-0.4, -0.2) is 38.0 Å². The van der Waals surface area contributed by atoms with Gasteiger partial charge >= 0.3 is 0 Å². The Labute approximate surface area is 73.1 Å². The van der Waals surface area contributed by atoms with Gasteiger partial charge in [-0.3, -0.25) is 0 Å². The molecule has 70 valence electrons. The van der Waals surface area contributed by atoms with E-state index < -0.39 is 0 Å². The van der Waals surface area contributed by atoms with Gasteiger partial charge in [0.1, 0.15) is 0 Å². The van der Waals surface area contributed by atoms with E-state index in [4.69, 9.17) is 15.1 Å². The summed E-state index contributed by atoms with van der Waals surface area (Å²) < 4.78 is 4.93. The SMILES string of the molecule is COCC(CCO)NCCC#N. The Balaban J connectivity index is 3.42. The summed E-state index contributed by atoms with van der Waals surface area (Å²) >= 11 is 0. The Morgan fingerprint density at radius 2 is 2.42 bits per heavy atom. The van der Waals surface area contributed by atoms with Gasteiger partial charge in [-0.2, -0.15) is 5.26 Å². The van der Waals surface area contributed by atoms with Crippen molar-refractivity contribution < 1.29 is 9.84 Å². The van der Waals surface area contributed by atoms with Crippen LogP contribution in [-0.2, 0) is 4.74 Å². The number of methoxy groups -OCH3 is 1. The molecular formula is C8H16N2O2. The molecule has 1 unspecified atom stereocenters. The minimum absolute atomic E-state index is 0.146. The Morgan fingerprint density at radius 1 is 1.67 bits per heavy atom. The lowest BCUT2D eigenvalue weighted by Crippen LogP contribution is -2.34. The van der Waals surface area contributed by atoms with Crippen molar-refractivity contribution in [1.82, 2.24) is 5.32 Å². The predicted octanol–water partition coefficient (Wildman–Crippen LogP) is -0.113. The summed E-state index contributed by atoms with van der Waals surface area (Å²) in [5, 5.41) is 20.0. The van der Waals surface area contributed by atoms with Gasteiger partial charge in [-0.25, -0.2) is 0 Å². The molecule has 0 fully saturated rings. The van der Waals surface area contributed by atoms with E-state index in [2.05, 4.69) is 5.32 Å². The maximum Gasteiger partial charge on any atom is 0.0635 e. The van der Waals surface area contributed by atoms with Gasteiger partial charge in [0.05, 0.1) is 12.7 Å². The number of nitrogens with zero attached hydrogens (tertiary/aromatic N) is 1. The lowest BCUT2D eigenvalue weighted by Gasteiger charge is -2.15. The van der Waals surface area contributed by atoms with E-state index in [0.29, 0.717) is 26.0 Å². The summed E-state index contributed by atoms with van der Waals surface area (Å²) in [4.78, 5) is 0.